The molecule has 2 aromatic rings. The van der Waals surface area contributed by atoms with Gasteiger partial charge in [0.1, 0.15) is 5.37 Å². The Morgan fingerprint density at radius 2 is 2.00 bits per heavy atom. The van der Waals surface area contributed by atoms with Crippen LogP contribution in [0.5, 0.6) is 0 Å². The van der Waals surface area contributed by atoms with Gasteiger partial charge in [0.15, 0.2) is 0 Å². The Kier molecular flexibility index (Phi) is 2.88. The van der Waals surface area contributed by atoms with Crippen LogP contribution in [0.4, 0.5) is 0 Å². The molecular weight excluding hydrogens is 244 g/mol. The lowest BCUT2D eigenvalue weighted by atomic mass is 10.3. The van der Waals surface area contributed by atoms with Gasteiger partial charge in [0.05, 0.1) is 5.75 Å². The first kappa shape index (κ1) is 11.4. The van der Waals surface area contributed by atoms with E-state index in [9.17, 15) is 4.79 Å². The van der Waals surface area contributed by atoms with Crippen LogP contribution in [0, 0.1) is 0 Å². The minimum atomic E-state index is 0.155. The van der Waals surface area contributed by atoms with Gasteiger partial charge in [0.2, 0.25) is 5.91 Å². The Labute approximate surface area is 110 Å². The summed E-state index contributed by atoms with van der Waals surface area (Å²) in [6.45, 7) is 0. The number of amides is 1. The molecule has 1 aliphatic rings. The number of benzene rings is 1. The molecule has 0 saturated carbocycles. The molecule has 3 rings (SSSR count). The van der Waals surface area contributed by atoms with E-state index in [1.54, 1.807) is 11.8 Å². The van der Waals surface area contributed by atoms with Crippen LogP contribution in [0.2, 0.25) is 0 Å². The summed E-state index contributed by atoms with van der Waals surface area (Å²) in [5, 5.41) is 0.155. The summed E-state index contributed by atoms with van der Waals surface area (Å²) in [4.78, 5) is 13.3. The second kappa shape index (κ2) is 4.53. The van der Waals surface area contributed by atoms with Crippen LogP contribution in [0.3, 0.4) is 0 Å². The topological polar surface area (TPSA) is 25.2 Å². The Hall–Kier alpha value is -1.68. The molecule has 1 saturated heterocycles. The minimum Gasteiger partial charge on any atom is -0.329 e. The lowest BCUT2D eigenvalue weighted by Crippen LogP contribution is -2.22. The van der Waals surface area contributed by atoms with Crippen LogP contribution in [0.15, 0.2) is 48.8 Å². The first-order valence-electron chi connectivity index (χ1n) is 5.86. The SMILES string of the molecule is CN1C(=O)CS[C@H]1c1ccn(-c2ccccc2)c1. The molecule has 0 radical (unpaired) electrons. The van der Waals surface area contributed by atoms with Gasteiger partial charge in [-0.2, -0.15) is 0 Å². The zero-order valence-electron chi connectivity index (χ0n) is 10.1. The van der Waals surface area contributed by atoms with Gasteiger partial charge < -0.3 is 9.47 Å². The highest BCUT2D eigenvalue weighted by molar-refractivity contribution is 8.00. The molecule has 0 N–H and O–H groups in total. The zero-order valence-corrected chi connectivity index (χ0v) is 10.9. The number of hydrogen-bond donors (Lipinski definition) is 0. The normalized spacial score (nSPS) is 19.5. The molecule has 92 valence electrons. The average molecular weight is 258 g/mol. The van der Waals surface area contributed by atoms with Crippen molar-refractivity contribution in [2.75, 3.05) is 12.8 Å². The van der Waals surface area contributed by atoms with Crippen LogP contribution in [0.1, 0.15) is 10.9 Å². The number of aromatic nitrogens is 1. The van der Waals surface area contributed by atoms with Crippen molar-refractivity contribution in [2.24, 2.45) is 0 Å². The van der Waals surface area contributed by atoms with E-state index in [-0.39, 0.29) is 11.3 Å². The first-order chi connectivity index (χ1) is 8.75. The Balaban J connectivity index is 1.89. The monoisotopic (exact) mass is 258 g/mol. The lowest BCUT2D eigenvalue weighted by Gasteiger charge is -2.17. The van der Waals surface area contributed by atoms with E-state index in [4.69, 9.17) is 0 Å². The fraction of sp³-hybridized carbons (Fsp3) is 0.214. The van der Waals surface area contributed by atoms with Crippen molar-refractivity contribution in [1.82, 2.24) is 9.47 Å². The van der Waals surface area contributed by atoms with E-state index in [2.05, 4.69) is 29.0 Å². The summed E-state index contributed by atoms with van der Waals surface area (Å²) in [6.07, 6.45) is 4.14. The van der Waals surface area contributed by atoms with E-state index >= 15 is 0 Å². The fourth-order valence-electron chi connectivity index (χ4n) is 2.13. The van der Waals surface area contributed by atoms with Crippen molar-refractivity contribution in [1.29, 1.82) is 0 Å². The third kappa shape index (κ3) is 1.93. The molecule has 2 heterocycles. The molecule has 18 heavy (non-hydrogen) atoms. The zero-order chi connectivity index (χ0) is 12.5. The quantitative estimate of drug-likeness (QED) is 0.827. The largest absolute Gasteiger partial charge is 0.329 e. The molecular formula is C14H14N2OS. The van der Waals surface area contributed by atoms with Gasteiger partial charge in [-0.3, -0.25) is 4.79 Å². The van der Waals surface area contributed by atoms with Crippen molar-refractivity contribution in [3.63, 3.8) is 0 Å². The summed E-state index contributed by atoms with van der Waals surface area (Å²) in [6, 6.07) is 12.3. The fourth-order valence-corrected chi connectivity index (χ4v) is 3.31. The highest BCUT2D eigenvalue weighted by Crippen LogP contribution is 2.37. The first-order valence-corrected chi connectivity index (χ1v) is 6.91. The number of nitrogens with zero attached hydrogens (tertiary/aromatic N) is 2. The van der Waals surface area contributed by atoms with Crippen LogP contribution in [-0.2, 0) is 4.79 Å². The molecule has 4 heteroatoms. The highest BCUT2D eigenvalue weighted by Gasteiger charge is 2.30. The molecule has 1 amide bonds. The Bertz CT molecular complexity index is 564. The second-order valence-corrected chi connectivity index (χ2v) is 5.42. The molecule has 1 aromatic carbocycles. The Morgan fingerprint density at radius 1 is 1.22 bits per heavy atom. The Morgan fingerprint density at radius 3 is 2.67 bits per heavy atom. The molecule has 1 aliphatic heterocycles. The molecule has 3 nitrogen and oxygen atoms in total. The molecule has 0 spiro atoms. The number of hydrogen-bond acceptors (Lipinski definition) is 2. The van der Waals surface area contributed by atoms with Crippen LogP contribution in [0.25, 0.3) is 5.69 Å². The van der Waals surface area contributed by atoms with Crippen molar-refractivity contribution in [3.05, 3.63) is 54.4 Å². The molecule has 1 fully saturated rings. The van der Waals surface area contributed by atoms with E-state index in [1.165, 1.54) is 5.56 Å². The third-order valence-corrected chi connectivity index (χ3v) is 4.48. The smallest absolute Gasteiger partial charge is 0.233 e. The maximum Gasteiger partial charge on any atom is 0.233 e. The number of carbonyl (C=O) groups excluding carboxylic acids is 1. The number of para-hydroxylation sites is 1. The second-order valence-electron chi connectivity index (χ2n) is 4.36. The molecule has 1 atom stereocenters. The number of thioether (sulfide) groups is 1. The summed E-state index contributed by atoms with van der Waals surface area (Å²) < 4.78 is 2.09. The highest BCUT2D eigenvalue weighted by atomic mass is 32.2. The van der Waals surface area contributed by atoms with Gasteiger partial charge in [-0.05, 0) is 18.2 Å². The van der Waals surface area contributed by atoms with Crippen molar-refractivity contribution < 1.29 is 4.79 Å². The van der Waals surface area contributed by atoms with Gasteiger partial charge in [-0.25, -0.2) is 0 Å². The van der Waals surface area contributed by atoms with E-state index in [0.717, 1.165) is 5.69 Å². The molecule has 0 aliphatic carbocycles. The summed E-state index contributed by atoms with van der Waals surface area (Å²) in [5.41, 5.74) is 2.32. The maximum atomic E-state index is 11.5. The van der Waals surface area contributed by atoms with Gasteiger partial charge in [-0.15, -0.1) is 11.8 Å². The van der Waals surface area contributed by atoms with E-state index in [0.29, 0.717) is 5.75 Å². The van der Waals surface area contributed by atoms with Gasteiger partial charge >= 0.3 is 0 Å². The minimum absolute atomic E-state index is 0.155. The molecule has 1 aromatic heterocycles. The summed E-state index contributed by atoms with van der Waals surface area (Å²) in [7, 11) is 1.87. The van der Waals surface area contributed by atoms with Crippen molar-refractivity contribution in [3.8, 4) is 5.69 Å². The van der Waals surface area contributed by atoms with E-state index in [1.807, 2.05) is 36.3 Å². The van der Waals surface area contributed by atoms with Crippen molar-refractivity contribution >= 4 is 17.7 Å². The van der Waals surface area contributed by atoms with Gasteiger partial charge in [0.25, 0.3) is 0 Å². The number of rotatable bonds is 2. The van der Waals surface area contributed by atoms with Crippen LogP contribution in [-0.4, -0.2) is 28.2 Å². The van der Waals surface area contributed by atoms with E-state index < -0.39 is 0 Å². The van der Waals surface area contributed by atoms with Crippen LogP contribution >= 0.6 is 11.8 Å². The predicted octanol–water partition coefficient (Wildman–Crippen LogP) is 2.68. The number of carbonyl (C=O) groups is 1. The average Bonchev–Trinajstić information content (AvgIpc) is 3.00. The standard InChI is InChI=1S/C14H14N2OS/c1-15-13(17)10-18-14(15)11-7-8-16(9-11)12-5-3-2-4-6-12/h2-9,14H,10H2,1H3/t14-/m0/s1. The molecule has 0 bridgehead atoms. The third-order valence-electron chi connectivity index (χ3n) is 3.17. The van der Waals surface area contributed by atoms with Gasteiger partial charge in [-0.1, -0.05) is 18.2 Å². The van der Waals surface area contributed by atoms with Crippen LogP contribution < -0.4 is 0 Å². The summed E-state index contributed by atoms with van der Waals surface area (Å²) >= 11 is 1.68. The predicted molar refractivity (Wildman–Crippen MR) is 73.7 cm³/mol. The maximum absolute atomic E-state index is 11.5. The van der Waals surface area contributed by atoms with Crippen molar-refractivity contribution in [2.45, 2.75) is 5.37 Å². The molecule has 0 unspecified atom stereocenters. The lowest BCUT2D eigenvalue weighted by molar-refractivity contribution is -0.126. The summed E-state index contributed by atoms with van der Waals surface area (Å²) in [5.74, 6) is 0.787. The van der Waals surface area contributed by atoms with Gasteiger partial charge in [0, 0.05) is 30.7 Å².